The molecule has 0 heterocycles. The summed E-state index contributed by atoms with van der Waals surface area (Å²) in [4.78, 5) is 12.5. The maximum Gasteiger partial charge on any atom is 0.300 e. The monoisotopic (exact) mass is 292 g/mol. The average Bonchev–Trinajstić information content (AvgIpc) is 2.48. The van der Waals surface area contributed by atoms with Crippen molar-refractivity contribution in [3.05, 3.63) is 66.0 Å². The van der Waals surface area contributed by atoms with Gasteiger partial charge in [0.15, 0.2) is 0 Å². The smallest absolute Gasteiger partial charge is 0.300 e. The van der Waals surface area contributed by atoms with Crippen molar-refractivity contribution in [3.8, 4) is 0 Å². The first-order valence-corrected chi connectivity index (χ1v) is 7.81. The van der Waals surface area contributed by atoms with Gasteiger partial charge < -0.3 is 4.52 Å². The quantitative estimate of drug-likeness (QED) is 0.791. The van der Waals surface area contributed by atoms with Gasteiger partial charge in [0.1, 0.15) is 5.82 Å². The summed E-state index contributed by atoms with van der Waals surface area (Å²) in [6.45, 7) is 1.83. The Bertz CT molecular complexity index is 638. The van der Waals surface area contributed by atoms with Crippen LogP contribution in [0.4, 0.5) is 4.39 Å². The van der Waals surface area contributed by atoms with E-state index in [1.165, 1.54) is 12.1 Å². The van der Waals surface area contributed by atoms with Crippen LogP contribution >= 0.6 is 7.37 Å². The SMILES string of the molecule is CCOP(=O)(C(=O)c1ccc(F)cc1)c1ccccc1. The first kappa shape index (κ1) is 14.6. The zero-order valence-electron chi connectivity index (χ0n) is 11.0. The Labute approximate surface area is 116 Å². The zero-order valence-corrected chi connectivity index (χ0v) is 11.8. The van der Waals surface area contributed by atoms with Crippen LogP contribution in [0.25, 0.3) is 0 Å². The molecule has 20 heavy (non-hydrogen) atoms. The fraction of sp³-hybridized carbons (Fsp3) is 0.133. The zero-order chi connectivity index (χ0) is 14.6. The van der Waals surface area contributed by atoms with Crippen LogP contribution in [-0.2, 0) is 9.09 Å². The van der Waals surface area contributed by atoms with Crippen molar-refractivity contribution in [2.24, 2.45) is 0 Å². The summed E-state index contributed by atoms with van der Waals surface area (Å²) in [6.07, 6.45) is 0. The molecule has 2 aromatic rings. The van der Waals surface area contributed by atoms with Gasteiger partial charge in [-0.2, -0.15) is 0 Å². The number of rotatable bonds is 5. The van der Waals surface area contributed by atoms with Gasteiger partial charge in [0.05, 0.1) is 6.61 Å². The first-order valence-electron chi connectivity index (χ1n) is 6.18. The van der Waals surface area contributed by atoms with Crippen LogP contribution in [0.1, 0.15) is 17.3 Å². The standard InChI is InChI=1S/C15H14FO3P/c1-2-19-20(18,14-6-4-3-5-7-14)15(17)12-8-10-13(16)11-9-12/h3-11H,2H2,1H3. The van der Waals surface area contributed by atoms with E-state index in [1.807, 2.05) is 0 Å². The van der Waals surface area contributed by atoms with Gasteiger partial charge in [-0.25, -0.2) is 4.39 Å². The minimum atomic E-state index is -3.66. The van der Waals surface area contributed by atoms with Crippen molar-refractivity contribution < 1.29 is 18.3 Å². The van der Waals surface area contributed by atoms with Crippen molar-refractivity contribution in [2.75, 3.05) is 6.61 Å². The first-order chi connectivity index (χ1) is 9.58. The molecule has 5 heteroatoms. The molecule has 0 aliphatic heterocycles. The highest BCUT2D eigenvalue weighted by Gasteiger charge is 2.35. The van der Waals surface area contributed by atoms with Gasteiger partial charge in [-0.1, -0.05) is 18.2 Å². The summed E-state index contributed by atoms with van der Waals surface area (Å²) in [5.41, 5.74) is -0.447. The Morgan fingerprint density at radius 3 is 2.25 bits per heavy atom. The molecule has 2 rings (SSSR count). The largest absolute Gasteiger partial charge is 0.320 e. The van der Waals surface area contributed by atoms with E-state index in [4.69, 9.17) is 4.52 Å². The summed E-state index contributed by atoms with van der Waals surface area (Å²) in [6, 6.07) is 13.3. The van der Waals surface area contributed by atoms with Gasteiger partial charge in [-0.05, 0) is 43.3 Å². The summed E-state index contributed by atoms with van der Waals surface area (Å²) in [5, 5.41) is 0.344. The second kappa shape index (κ2) is 6.12. The lowest BCUT2D eigenvalue weighted by molar-refractivity contribution is 0.105. The summed E-state index contributed by atoms with van der Waals surface area (Å²) in [5.74, 6) is -0.451. The van der Waals surface area contributed by atoms with Gasteiger partial charge >= 0.3 is 7.37 Å². The maximum atomic E-state index is 12.9. The average molecular weight is 292 g/mol. The van der Waals surface area contributed by atoms with Crippen molar-refractivity contribution in [1.29, 1.82) is 0 Å². The molecular weight excluding hydrogens is 278 g/mol. The Morgan fingerprint density at radius 2 is 1.70 bits per heavy atom. The highest BCUT2D eigenvalue weighted by atomic mass is 31.2. The van der Waals surface area contributed by atoms with Gasteiger partial charge in [-0.3, -0.25) is 9.36 Å². The number of carbonyl (C=O) groups is 1. The van der Waals surface area contributed by atoms with E-state index in [0.29, 0.717) is 5.30 Å². The Hall–Kier alpha value is -1.77. The second-order valence-corrected chi connectivity index (χ2v) is 6.40. The highest BCUT2D eigenvalue weighted by Crippen LogP contribution is 2.48. The normalized spacial score (nSPS) is 13.7. The fourth-order valence-corrected chi connectivity index (χ4v) is 3.74. The Kier molecular flexibility index (Phi) is 4.48. The molecule has 3 nitrogen and oxygen atoms in total. The topological polar surface area (TPSA) is 43.4 Å². The number of hydrogen-bond donors (Lipinski definition) is 0. The van der Waals surface area contributed by atoms with Crippen LogP contribution in [0.2, 0.25) is 0 Å². The van der Waals surface area contributed by atoms with Gasteiger partial charge in [-0.15, -0.1) is 0 Å². The van der Waals surface area contributed by atoms with Crippen LogP contribution in [0.15, 0.2) is 54.6 Å². The van der Waals surface area contributed by atoms with Crippen LogP contribution in [0.3, 0.4) is 0 Å². The lowest BCUT2D eigenvalue weighted by Crippen LogP contribution is -2.15. The molecule has 0 saturated carbocycles. The molecule has 0 aliphatic carbocycles. The van der Waals surface area contributed by atoms with E-state index in [0.717, 1.165) is 12.1 Å². The van der Waals surface area contributed by atoms with Crippen LogP contribution < -0.4 is 5.30 Å². The van der Waals surface area contributed by atoms with E-state index in [-0.39, 0.29) is 12.2 Å². The number of carbonyl (C=O) groups excluding carboxylic acids is 1. The third-order valence-electron chi connectivity index (χ3n) is 2.77. The summed E-state index contributed by atoms with van der Waals surface area (Å²) in [7, 11) is -3.66. The van der Waals surface area contributed by atoms with E-state index in [9.17, 15) is 13.8 Å². The van der Waals surface area contributed by atoms with Gasteiger partial charge in [0.2, 0.25) is 0 Å². The van der Waals surface area contributed by atoms with Crippen molar-refractivity contribution in [1.82, 2.24) is 0 Å². The minimum absolute atomic E-state index is 0.152. The van der Waals surface area contributed by atoms with E-state index >= 15 is 0 Å². The third-order valence-corrected chi connectivity index (χ3v) is 5.16. The van der Waals surface area contributed by atoms with E-state index < -0.39 is 18.7 Å². The lowest BCUT2D eigenvalue weighted by Gasteiger charge is -2.16. The van der Waals surface area contributed by atoms with Gasteiger partial charge in [0, 0.05) is 10.9 Å². The van der Waals surface area contributed by atoms with Crippen molar-refractivity contribution >= 4 is 18.2 Å². The maximum absolute atomic E-state index is 12.9. The number of hydrogen-bond acceptors (Lipinski definition) is 3. The van der Waals surface area contributed by atoms with Crippen LogP contribution in [0.5, 0.6) is 0 Å². The minimum Gasteiger partial charge on any atom is -0.320 e. The molecule has 0 saturated heterocycles. The predicted molar refractivity (Wildman–Crippen MR) is 76.0 cm³/mol. The molecule has 0 spiro atoms. The molecule has 0 aromatic heterocycles. The predicted octanol–water partition coefficient (Wildman–Crippen LogP) is 3.61. The van der Waals surface area contributed by atoms with Crippen molar-refractivity contribution in [2.45, 2.75) is 6.92 Å². The molecule has 2 aromatic carbocycles. The highest BCUT2D eigenvalue weighted by molar-refractivity contribution is 7.83. The van der Waals surface area contributed by atoms with E-state index in [2.05, 4.69) is 0 Å². The molecule has 0 aliphatic rings. The van der Waals surface area contributed by atoms with Gasteiger partial charge in [0.25, 0.3) is 5.52 Å². The van der Waals surface area contributed by atoms with Crippen LogP contribution in [-0.4, -0.2) is 12.1 Å². The molecule has 0 fully saturated rings. The summed E-state index contributed by atoms with van der Waals surface area (Å²) >= 11 is 0. The third kappa shape index (κ3) is 2.87. The second-order valence-electron chi connectivity index (χ2n) is 4.12. The van der Waals surface area contributed by atoms with Crippen molar-refractivity contribution in [3.63, 3.8) is 0 Å². The van der Waals surface area contributed by atoms with E-state index in [1.54, 1.807) is 37.3 Å². The Morgan fingerprint density at radius 1 is 1.10 bits per heavy atom. The molecule has 0 amide bonds. The fourth-order valence-electron chi connectivity index (χ4n) is 1.82. The Balaban J connectivity index is 2.45. The molecule has 104 valence electrons. The molecule has 1 unspecified atom stereocenters. The molecule has 1 atom stereocenters. The van der Waals surface area contributed by atoms with Crippen LogP contribution in [0, 0.1) is 5.82 Å². The molecule has 0 N–H and O–H groups in total. The molecular formula is C15H14FO3P. The molecule has 0 bridgehead atoms. The number of benzene rings is 2. The number of halogens is 1. The lowest BCUT2D eigenvalue weighted by atomic mass is 10.2. The summed E-state index contributed by atoms with van der Waals surface area (Å²) < 4.78 is 31.1. The molecule has 0 radical (unpaired) electrons.